The number of anilines is 1. The van der Waals surface area contributed by atoms with E-state index < -0.39 is 36.0 Å². The Balaban J connectivity index is 1.44. The molecule has 3 aliphatic rings. The number of piperidine rings is 1. The van der Waals surface area contributed by atoms with Gasteiger partial charge in [0.1, 0.15) is 5.76 Å². The van der Waals surface area contributed by atoms with Crippen molar-refractivity contribution in [2.24, 2.45) is 0 Å². The summed E-state index contributed by atoms with van der Waals surface area (Å²) in [6.07, 6.45) is -7.46. The van der Waals surface area contributed by atoms with Crippen molar-refractivity contribution in [2.75, 3.05) is 18.4 Å². The Morgan fingerprint density at radius 1 is 1.16 bits per heavy atom. The molecule has 0 bridgehead atoms. The Labute approximate surface area is 178 Å². The molecule has 0 radical (unpaired) electrons. The van der Waals surface area contributed by atoms with Crippen LogP contribution < -0.4 is 5.32 Å². The average Bonchev–Trinajstić information content (AvgIpc) is 3.11. The Morgan fingerprint density at radius 3 is 2.41 bits per heavy atom. The number of H-pyrrole nitrogens is 1. The zero-order chi connectivity index (χ0) is 23.3. The number of aromatic amines is 1. The van der Waals surface area contributed by atoms with Crippen LogP contribution in [-0.4, -0.2) is 57.8 Å². The third-order valence-electron chi connectivity index (χ3n) is 6.39. The van der Waals surface area contributed by atoms with E-state index in [1.54, 1.807) is 0 Å². The Bertz CT molecular complexity index is 904. The number of rotatable bonds is 3. The molecule has 2 aliphatic heterocycles. The number of nitrogens with zero attached hydrogens (tertiary/aromatic N) is 2. The summed E-state index contributed by atoms with van der Waals surface area (Å²) in [4.78, 5) is 13.8. The summed E-state index contributed by atoms with van der Waals surface area (Å²) in [5, 5.41) is 19.1. The van der Waals surface area contributed by atoms with E-state index in [0.717, 1.165) is 0 Å². The van der Waals surface area contributed by atoms with Crippen molar-refractivity contribution in [1.29, 1.82) is 0 Å². The zero-order valence-electron chi connectivity index (χ0n) is 16.8. The summed E-state index contributed by atoms with van der Waals surface area (Å²) in [5.74, 6) is -1.71. The number of halogens is 6. The third kappa shape index (κ3) is 4.32. The van der Waals surface area contributed by atoms with Crippen LogP contribution in [0.1, 0.15) is 55.7 Å². The monoisotopic (exact) mass is 468 g/mol. The van der Waals surface area contributed by atoms with Crippen molar-refractivity contribution in [3.8, 4) is 0 Å². The number of fused-ring (bicyclic) bond motifs is 1. The summed E-state index contributed by atoms with van der Waals surface area (Å²) in [6, 6.07) is 0.0265. The maximum Gasteiger partial charge on any atom is 0.572 e. The first kappa shape index (κ1) is 22.9. The van der Waals surface area contributed by atoms with Gasteiger partial charge in [0.25, 0.3) is 0 Å². The zero-order valence-corrected chi connectivity index (χ0v) is 16.8. The van der Waals surface area contributed by atoms with E-state index in [2.05, 4.69) is 25.2 Å². The molecule has 3 heterocycles. The van der Waals surface area contributed by atoms with Crippen LogP contribution >= 0.6 is 0 Å². The van der Waals surface area contributed by atoms with Crippen LogP contribution in [0.4, 0.5) is 32.2 Å². The molecule has 1 saturated heterocycles. The summed E-state index contributed by atoms with van der Waals surface area (Å²) in [5.41, 5.74) is -3.59. The molecule has 13 heteroatoms. The highest BCUT2D eigenvalue weighted by molar-refractivity contribution is 5.94. The summed E-state index contributed by atoms with van der Waals surface area (Å²) < 4.78 is 82.0. The number of allylic oxidation sites excluding steroid dienone is 1. The number of alkyl halides is 6. The molecule has 0 aromatic carbocycles. The minimum absolute atomic E-state index is 0.0265. The molecule has 1 aromatic rings. The van der Waals surface area contributed by atoms with Gasteiger partial charge < -0.3 is 20.1 Å². The first-order valence-corrected chi connectivity index (χ1v) is 10.2. The standard InChI is InChI=1S/C19H22F6N4O3/c20-18(21,22)17(31)9-13(30)26-16-14(17)15(27-28-16)10-5-7-29(8-6-10)11-1-3-12(4-2-11)32-19(23,24)25/h3,10-11,31H,1-2,4-9H2,(H2,26,27,28,30). The molecular weight excluding hydrogens is 446 g/mol. The molecule has 0 spiro atoms. The smallest absolute Gasteiger partial charge is 0.411 e. The lowest BCUT2D eigenvalue weighted by atomic mass is 9.80. The number of ether oxygens (including phenoxy) is 1. The molecule has 1 amide bonds. The highest BCUT2D eigenvalue weighted by Gasteiger charge is 2.61. The fraction of sp³-hybridized carbons (Fsp3) is 0.684. The van der Waals surface area contributed by atoms with E-state index in [9.17, 15) is 36.2 Å². The molecule has 1 fully saturated rings. The van der Waals surface area contributed by atoms with Crippen LogP contribution in [0.5, 0.6) is 0 Å². The maximum absolute atomic E-state index is 13.7. The highest BCUT2D eigenvalue weighted by atomic mass is 19.4. The molecule has 7 nitrogen and oxygen atoms in total. The predicted molar refractivity (Wildman–Crippen MR) is 98.2 cm³/mol. The van der Waals surface area contributed by atoms with Gasteiger partial charge in [-0.1, -0.05) is 0 Å². The van der Waals surface area contributed by atoms with Crippen molar-refractivity contribution < 1.29 is 41.0 Å². The van der Waals surface area contributed by atoms with Crippen LogP contribution in [0.15, 0.2) is 11.8 Å². The molecule has 32 heavy (non-hydrogen) atoms. The van der Waals surface area contributed by atoms with Gasteiger partial charge in [0.2, 0.25) is 5.91 Å². The second-order valence-electron chi connectivity index (χ2n) is 8.40. The summed E-state index contributed by atoms with van der Waals surface area (Å²) >= 11 is 0. The number of nitrogens with one attached hydrogen (secondary N) is 2. The SMILES string of the molecule is O=C1CC(O)(C(F)(F)F)c2c(n[nH]c2C2CCN(C3CC=C(OC(F)(F)F)CC3)CC2)N1. The topological polar surface area (TPSA) is 90.5 Å². The van der Waals surface area contributed by atoms with E-state index in [1.165, 1.54) is 6.08 Å². The van der Waals surface area contributed by atoms with Gasteiger partial charge in [-0.3, -0.25) is 9.89 Å². The van der Waals surface area contributed by atoms with Crippen LogP contribution in [0.3, 0.4) is 0 Å². The second kappa shape index (κ2) is 7.94. The van der Waals surface area contributed by atoms with Crippen LogP contribution in [0, 0.1) is 0 Å². The van der Waals surface area contributed by atoms with Gasteiger partial charge in [-0.05, 0) is 44.8 Å². The lowest BCUT2D eigenvalue weighted by Crippen LogP contribution is -2.49. The average molecular weight is 468 g/mol. The van der Waals surface area contributed by atoms with Gasteiger partial charge in [0, 0.05) is 24.1 Å². The largest absolute Gasteiger partial charge is 0.572 e. The van der Waals surface area contributed by atoms with Crippen LogP contribution in [0.25, 0.3) is 0 Å². The van der Waals surface area contributed by atoms with E-state index >= 15 is 0 Å². The van der Waals surface area contributed by atoms with Crippen LogP contribution in [-0.2, 0) is 15.1 Å². The van der Waals surface area contributed by atoms with Crippen molar-refractivity contribution >= 4 is 11.7 Å². The molecule has 4 rings (SSSR count). The molecule has 0 saturated carbocycles. The molecule has 1 aromatic heterocycles. The number of carbonyl (C=O) groups excluding carboxylic acids is 1. The number of carbonyl (C=O) groups is 1. The predicted octanol–water partition coefficient (Wildman–Crippen LogP) is 3.65. The fourth-order valence-electron chi connectivity index (χ4n) is 4.82. The minimum Gasteiger partial charge on any atom is -0.411 e. The van der Waals surface area contributed by atoms with E-state index in [1.807, 2.05) is 0 Å². The van der Waals surface area contributed by atoms with Gasteiger partial charge >= 0.3 is 12.5 Å². The Kier molecular flexibility index (Phi) is 5.68. The number of aromatic nitrogens is 2. The quantitative estimate of drug-likeness (QED) is 0.590. The first-order valence-electron chi connectivity index (χ1n) is 10.2. The van der Waals surface area contributed by atoms with Gasteiger partial charge in [-0.15, -0.1) is 13.2 Å². The normalized spacial score (nSPS) is 28.2. The van der Waals surface area contributed by atoms with Crippen LogP contribution in [0.2, 0.25) is 0 Å². The molecule has 178 valence electrons. The Morgan fingerprint density at radius 2 is 1.84 bits per heavy atom. The molecule has 2 unspecified atom stereocenters. The fourth-order valence-corrected chi connectivity index (χ4v) is 4.82. The number of hydrogen-bond acceptors (Lipinski definition) is 5. The maximum atomic E-state index is 13.7. The number of aliphatic hydroxyl groups is 1. The molecule has 3 N–H and O–H groups in total. The van der Waals surface area contributed by atoms with Crippen molar-refractivity contribution in [1.82, 2.24) is 15.1 Å². The van der Waals surface area contributed by atoms with Crippen molar-refractivity contribution in [3.05, 3.63) is 23.1 Å². The number of likely N-dealkylation sites (tertiary alicyclic amines) is 1. The van der Waals surface area contributed by atoms with E-state index in [4.69, 9.17) is 0 Å². The lowest BCUT2D eigenvalue weighted by Gasteiger charge is -2.40. The number of amides is 1. The lowest BCUT2D eigenvalue weighted by molar-refractivity contribution is -0.307. The second-order valence-corrected chi connectivity index (χ2v) is 8.40. The summed E-state index contributed by atoms with van der Waals surface area (Å²) in [7, 11) is 0. The first-order chi connectivity index (χ1) is 14.9. The molecule has 1 aliphatic carbocycles. The third-order valence-corrected chi connectivity index (χ3v) is 6.39. The van der Waals surface area contributed by atoms with E-state index in [0.29, 0.717) is 38.8 Å². The highest BCUT2D eigenvalue weighted by Crippen LogP contribution is 2.50. The van der Waals surface area contributed by atoms with Gasteiger partial charge in [0.15, 0.2) is 11.4 Å². The van der Waals surface area contributed by atoms with Gasteiger partial charge in [0.05, 0.1) is 12.0 Å². The molecular formula is C19H22F6N4O3. The minimum atomic E-state index is -5.05. The van der Waals surface area contributed by atoms with E-state index in [-0.39, 0.29) is 35.7 Å². The molecule has 2 atom stereocenters. The Hall–Kier alpha value is -2.28. The van der Waals surface area contributed by atoms with Crippen molar-refractivity contribution in [2.45, 2.75) is 68.6 Å². The summed E-state index contributed by atoms with van der Waals surface area (Å²) in [6.45, 7) is 1.06. The van der Waals surface area contributed by atoms with Gasteiger partial charge in [-0.25, -0.2) is 0 Å². The number of hydrogen-bond donors (Lipinski definition) is 3. The van der Waals surface area contributed by atoms with Crippen molar-refractivity contribution in [3.63, 3.8) is 0 Å². The van der Waals surface area contributed by atoms with Gasteiger partial charge in [-0.2, -0.15) is 18.3 Å².